The number of benzene rings is 4. The van der Waals surface area contributed by atoms with Crippen molar-refractivity contribution in [1.82, 2.24) is 4.57 Å². The Morgan fingerprint density at radius 2 is 0.969 bits per heavy atom. The Kier molecular flexibility index (Phi) is 4.74. The molecule has 1 heteroatoms. The molecule has 160 valence electrons. The molecule has 0 atom stereocenters. The van der Waals surface area contributed by atoms with Gasteiger partial charge in [-0.1, -0.05) is 35.4 Å². The Hall–Kier alpha value is -3.32. The molecule has 0 aliphatic carbocycles. The van der Waals surface area contributed by atoms with Crippen LogP contribution in [0.1, 0.15) is 38.9 Å². The van der Waals surface area contributed by atoms with Gasteiger partial charge in [0, 0.05) is 16.5 Å². The molecule has 1 aromatic heterocycles. The molecule has 0 N–H and O–H groups in total. The van der Waals surface area contributed by atoms with Crippen LogP contribution in [-0.4, -0.2) is 4.57 Å². The van der Waals surface area contributed by atoms with Gasteiger partial charge in [0.1, 0.15) is 0 Å². The lowest BCUT2D eigenvalue weighted by Crippen LogP contribution is -1.99. The third-order valence-corrected chi connectivity index (χ3v) is 7.50. The van der Waals surface area contributed by atoms with Crippen LogP contribution in [0.5, 0.6) is 0 Å². The Morgan fingerprint density at radius 3 is 1.59 bits per heavy atom. The standard InChI is InChI=1S/C31H31N/c1-18-8-12-26(13-9-18)32-29-14-10-19(2)16-27(29)28-17-25(11-15-30(28)32)31-23(6)21(4)20(3)22(5)24(31)7/h8-17H,1-7H3. The number of hydrogen-bond acceptors (Lipinski definition) is 0. The molecule has 0 unspecified atom stereocenters. The molecule has 0 aliphatic heterocycles. The van der Waals surface area contributed by atoms with Crippen LogP contribution in [0.15, 0.2) is 60.7 Å². The van der Waals surface area contributed by atoms with E-state index in [4.69, 9.17) is 0 Å². The van der Waals surface area contributed by atoms with Crippen molar-refractivity contribution < 1.29 is 0 Å². The molecule has 0 fully saturated rings. The van der Waals surface area contributed by atoms with Gasteiger partial charge in [-0.2, -0.15) is 0 Å². The summed E-state index contributed by atoms with van der Waals surface area (Å²) in [6, 6.07) is 22.7. The van der Waals surface area contributed by atoms with Crippen LogP contribution < -0.4 is 0 Å². The van der Waals surface area contributed by atoms with Crippen molar-refractivity contribution >= 4 is 21.8 Å². The fourth-order valence-electron chi connectivity index (χ4n) is 5.20. The lowest BCUT2D eigenvalue weighted by atomic mass is 9.86. The van der Waals surface area contributed by atoms with Gasteiger partial charge < -0.3 is 4.57 Å². The maximum Gasteiger partial charge on any atom is 0.0541 e. The number of fused-ring (bicyclic) bond motifs is 3. The van der Waals surface area contributed by atoms with Gasteiger partial charge in [0.25, 0.3) is 0 Å². The molecule has 5 aromatic rings. The predicted octanol–water partition coefficient (Wildman–Crippen LogP) is 8.61. The SMILES string of the molecule is Cc1ccc(-n2c3ccc(C)cc3c3cc(-c4c(C)c(C)c(C)c(C)c4C)ccc32)cc1. The second-order valence-corrected chi connectivity index (χ2v) is 9.42. The van der Waals surface area contributed by atoms with Crippen molar-refractivity contribution in [3.05, 3.63) is 99.6 Å². The largest absolute Gasteiger partial charge is 0.309 e. The van der Waals surface area contributed by atoms with Crippen LogP contribution >= 0.6 is 0 Å². The molecular weight excluding hydrogens is 386 g/mol. The quantitative estimate of drug-likeness (QED) is 0.271. The highest BCUT2D eigenvalue weighted by Crippen LogP contribution is 2.39. The van der Waals surface area contributed by atoms with Crippen molar-refractivity contribution in [3.63, 3.8) is 0 Å². The third kappa shape index (κ3) is 2.99. The van der Waals surface area contributed by atoms with Gasteiger partial charge in [-0.05, 0) is 124 Å². The van der Waals surface area contributed by atoms with E-state index in [1.807, 2.05) is 0 Å². The molecule has 1 heterocycles. The summed E-state index contributed by atoms with van der Waals surface area (Å²) in [6.45, 7) is 15.6. The van der Waals surface area contributed by atoms with Crippen molar-refractivity contribution in [2.24, 2.45) is 0 Å². The fraction of sp³-hybridized carbons (Fsp3) is 0.226. The van der Waals surface area contributed by atoms with Crippen LogP contribution in [0.2, 0.25) is 0 Å². The summed E-state index contributed by atoms with van der Waals surface area (Å²) >= 11 is 0. The first-order valence-corrected chi connectivity index (χ1v) is 11.5. The van der Waals surface area contributed by atoms with E-state index in [0.29, 0.717) is 0 Å². The minimum atomic E-state index is 1.21. The number of rotatable bonds is 2. The van der Waals surface area contributed by atoms with Gasteiger partial charge in [0.05, 0.1) is 11.0 Å². The van der Waals surface area contributed by atoms with Crippen LogP contribution in [0.25, 0.3) is 38.6 Å². The van der Waals surface area contributed by atoms with Crippen LogP contribution in [0, 0.1) is 48.5 Å². The zero-order valence-corrected chi connectivity index (χ0v) is 20.2. The molecule has 0 aliphatic rings. The smallest absolute Gasteiger partial charge is 0.0541 e. The summed E-state index contributed by atoms with van der Waals surface area (Å²) in [4.78, 5) is 0. The number of aryl methyl sites for hydroxylation is 2. The highest BCUT2D eigenvalue weighted by atomic mass is 15.0. The Balaban J connectivity index is 1.86. The highest BCUT2D eigenvalue weighted by Gasteiger charge is 2.17. The zero-order valence-electron chi connectivity index (χ0n) is 20.2. The maximum absolute atomic E-state index is 2.41. The molecule has 5 rings (SSSR count). The van der Waals surface area contributed by atoms with Crippen LogP contribution in [0.3, 0.4) is 0 Å². The van der Waals surface area contributed by atoms with E-state index in [2.05, 4.69) is 114 Å². The molecule has 32 heavy (non-hydrogen) atoms. The van der Waals surface area contributed by atoms with E-state index in [0.717, 1.165) is 0 Å². The first kappa shape index (κ1) is 20.6. The summed E-state index contributed by atoms with van der Waals surface area (Å²) in [5.41, 5.74) is 16.0. The summed E-state index contributed by atoms with van der Waals surface area (Å²) in [5.74, 6) is 0. The normalized spacial score (nSPS) is 11.6. The van der Waals surface area contributed by atoms with Crippen LogP contribution in [-0.2, 0) is 0 Å². The second kappa shape index (κ2) is 7.38. The first-order valence-electron chi connectivity index (χ1n) is 11.5. The number of hydrogen-bond donors (Lipinski definition) is 0. The average Bonchev–Trinajstić information content (AvgIpc) is 3.10. The maximum atomic E-state index is 2.41. The van der Waals surface area contributed by atoms with Gasteiger partial charge in [0.2, 0.25) is 0 Å². The van der Waals surface area contributed by atoms with E-state index < -0.39 is 0 Å². The number of aromatic nitrogens is 1. The van der Waals surface area contributed by atoms with E-state index >= 15 is 0 Å². The number of nitrogens with zero attached hydrogens (tertiary/aromatic N) is 1. The predicted molar refractivity (Wildman–Crippen MR) is 139 cm³/mol. The van der Waals surface area contributed by atoms with E-state index in [1.54, 1.807) is 0 Å². The van der Waals surface area contributed by atoms with Gasteiger partial charge in [0.15, 0.2) is 0 Å². The van der Waals surface area contributed by atoms with Crippen molar-refractivity contribution in [1.29, 1.82) is 0 Å². The Labute approximate surface area is 191 Å². The summed E-state index contributed by atoms with van der Waals surface area (Å²) in [6.07, 6.45) is 0. The minimum absolute atomic E-state index is 1.21. The summed E-state index contributed by atoms with van der Waals surface area (Å²) in [5, 5.41) is 2.63. The first-order chi connectivity index (χ1) is 15.3. The molecule has 0 saturated heterocycles. The topological polar surface area (TPSA) is 4.93 Å². The van der Waals surface area contributed by atoms with Gasteiger partial charge in [-0.25, -0.2) is 0 Å². The van der Waals surface area contributed by atoms with E-state index in [-0.39, 0.29) is 0 Å². The van der Waals surface area contributed by atoms with Gasteiger partial charge >= 0.3 is 0 Å². The van der Waals surface area contributed by atoms with Crippen molar-refractivity contribution in [3.8, 4) is 16.8 Å². The highest BCUT2D eigenvalue weighted by molar-refractivity contribution is 6.10. The fourth-order valence-corrected chi connectivity index (χ4v) is 5.20. The molecule has 1 nitrogen and oxygen atoms in total. The third-order valence-electron chi connectivity index (χ3n) is 7.50. The zero-order chi connectivity index (χ0) is 22.7. The summed E-state index contributed by atoms with van der Waals surface area (Å²) in [7, 11) is 0. The molecule has 0 saturated carbocycles. The minimum Gasteiger partial charge on any atom is -0.309 e. The average molecular weight is 418 g/mol. The molecule has 4 aromatic carbocycles. The lowest BCUT2D eigenvalue weighted by Gasteiger charge is -2.19. The monoisotopic (exact) mass is 417 g/mol. The molecule has 0 bridgehead atoms. The van der Waals surface area contributed by atoms with Crippen LogP contribution in [0.4, 0.5) is 0 Å². The Bertz CT molecular complexity index is 1480. The summed E-state index contributed by atoms with van der Waals surface area (Å²) < 4.78 is 2.40. The Morgan fingerprint density at radius 1 is 0.469 bits per heavy atom. The van der Waals surface area contributed by atoms with E-state index in [1.165, 1.54) is 77.6 Å². The van der Waals surface area contributed by atoms with Crippen molar-refractivity contribution in [2.45, 2.75) is 48.5 Å². The molecular formula is C31H31N. The van der Waals surface area contributed by atoms with Crippen molar-refractivity contribution in [2.75, 3.05) is 0 Å². The van der Waals surface area contributed by atoms with Gasteiger partial charge in [-0.3, -0.25) is 0 Å². The molecule has 0 amide bonds. The van der Waals surface area contributed by atoms with Gasteiger partial charge in [-0.15, -0.1) is 0 Å². The molecule has 0 spiro atoms. The van der Waals surface area contributed by atoms with E-state index in [9.17, 15) is 0 Å². The second-order valence-electron chi connectivity index (χ2n) is 9.42. The lowest BCUT2D eigenvalue weighted by molar-refractivity contribution is 1.17. The molecule has 0 radical (unpaired) electrons.